The number of nitro groups is 1. The van der Waals surface area contributed by atoms with Gasteiger partial charge in [0.1, 0.15) is 17.0 Å². The topological polar surface area (TPSA) is 99.0 Å². The van der Waals surface area contributed by atoms with Gasteiger partial charge in [0.2, 0.25) is 0 Å². The maximum atomic E-state index is 12.0. The van der Waals surface area contributed by atoms with Crippen LogP contribution in [0.3, 0.4) is 0 Å². The number of carbonyl (C=O) groups excluding carboxylic acids is 2. The molecule has 0 spiro atoms. The van der Waals surface area contributed by atoms with E-state index in [9.17, 15) is 19.7 Å². The van der Waals surface area contributed by atoms with Crippen LogP contribution in [-0.2, 0) is 4.74 Å². The molecule has 0 bridgehead atoms. The molecule has 0 unspecified atom stereocenters. The summed E-state index contributed by atoms with van der Waals surface area (Å²) in [4.78, 5) is 34.6. The molecular weight excluding hydrogens is 292 g/mol. The van der Waals surface area contributed by atoms with Crippen molar-refractivity contribution in [1.82, 2.24) is 0 Å². The van der Waals surface area contributed by atoms with Gasteiger partial charge in [-0.1, -0.05) is 0 Å². The second kappa shape index (κ2) is 6.42. The minimum absolute atomic E-state index is 0.0536. The number of carbonyl (C=O) groups is 2. The van der Waals surface area contributed by atoms with E-state index >= 15 is 0 Å². The summed E-state index contributed by atoms with van der Waals surface area (Å²) >= 11 is 0. The van der Waals surface area contributed by atoms with Gasteiger partial charge in [0.05, 0.1) is 23.7 Å². The van der Waals surface area contributed by atoms with Crippen molar-refractivity contribution in [3.05, 3.63) is 27.8 Å². The quantitative estimate of drug-likeness (QED) is 0.481. The number of amides is 1. The Kier molecular flexibility index (Phi) is 5.08. The van der Waals surface area contributed by atoms with Gasteiger partial charge in [0, 0.05) is 7.05 Å². The van der Waals surface area contributed by atoms with Gasteiger partial charge in [0.25, 0.3) is 5.69 Å². The smallest absolute Gasteiger partial charge is 0.414 e. The zero-order valence-corrected chi connectivity index (χ0v) is 13.1. The van der Waals surface area contributed by atoms with Crippen molar-refractivity contribution >= 4 is 23.8 Å². The second-order valence-electron chi connectivity index (χ2n) is 5.50. The van der Waals surface area contributed by atoms with E-state index in [0.717, 1.165) is 11.0 Å². The number of hydrogen-bond acceptors (Lipinski definition) is 6. The molecule has 8 heteroatoms. The molecule has 0 fully saturated rings. The SMILES string of the molecule is COc1cc([N+](=O)[O-])c(N(C)C(=O)OC(C)(C)C)cc1C=O. The number of methoxy groups -OCH3 is 1. The Morgan fingerprint density at radius 2 is 1.95 bits per heavy atom. The van der Waals surface area contributed by atoms with Crippen molar-refractivity contribution in [3.8, 4) is 5.75 Å². The highest BCUT2D eigenvalue weighted by Crippen LogP contribution is 2.34. The first-order valence-corrected chi connectivity index (χ1v) is 6.39. The molecule has 0 heterocycles. The fraction of sp³-hybridized carbons (Fsp3) is 0.429. The largest absolute Gasteiger partial charge is 0.496 e. The van der Waals surface area contributed by atoms with Crippen molar-refractivity contribution in [2.24, 2.45) is 0 Å². The van der Waals surface area contributed by atoms with Crippen LogP contribution < -0.4 is 9.64 Å². The normalized spacial score (nSPS) is 10.8. The molecule has 0 aliphatic rings. The Hall–Kier alpha value is -2.64. The van der Waals surface area contributed by atoms with Crippen LogP contribution in [0.5, 0.6) is 5.75 Å². The number of nitrogens with zero attached hydrogens (tertiary/aromatic N) is 2. The molecule has 0 radical (unpaired) electrons. The standard InChI is InChI=1S/C14H18N2O6/c1-14(2,3)22-13(18)15(4)10-6-9(8-17)12(21-5)7-11(10)16(19)20/h6-8H,1-5H3. The number of ether oxygens (including phenoxy) is 2. The monoisotopic (exact) mass is 310 g/mol. The third-order valence-corrected chi connectivity index (χ3v) is 2.68. The highest BCUT2D eigenvalue weighted by molar-refractivity contribution is 5.93. The van der Waals surface area contributed by atoms with Crippen molar-refractivity contribution in [3.63, 3.8) is 0 Å². The number of anilines is 1. The predicted molar refractivity (Wildman–Crippen MR) is 79.7 cm³/mol. The summed E-state index contributed by atoms with van der Waals surface area (Å²) in [7, 11) is 2.63. The van der Waals surface area contributed by atoms with E-state index in [1.54, 1.807) is 20.8 Å². The van der Waals surface area contributed by atoms with Crippen LogP contribution in [0.2, 0.25) is 0 Å². The lowest BCUT2D eigenvalue weighted by atomic mass is 10.1. The maximum Gasteiger partial charge on any atom is 0.414 e. The minimum Gasteiger partial charge on any atom is -0.496 e. The van der Waals surface area contributed by atoms with Gasteiger partial charge in [-0.05, 0) is 26.8 Å². The van der Waals surface area contributed by atoms with E-state index in [-0.39, 0.29) is 22.7 Å². The van der Waals surface area contributed by atoms with Crippen molar-refractivity contribution < 1.29 is 24.0 Å². The first kappa shape index (κ1) is 17.4. The summed E-state index contributed by atoms with van der Waals surface area (Å²) in [5, 5.41) is 11.2. The Morgan fingerprint density at radius 1 is 1.36 bits per heavy atom. The van der Waals surface area contributed by atoms with Gasteiger partial charge in [-0.2, -0.15) is 0 Å². The number of rotatable bonds is 4. The lowest BCUT2D eigenvalue weighted by molar-refractivity contribution is -0.384. The van der Waals surface area contributed by atoms with Gasteiger partial charge >= 0.3 is 6.09 Å². The third-order valence-electron chi connectivity index (χ3n) is 2.68. The van der Waals surface area contributed by atoms with E-state index in [1.807, 2.05) is 0 Å². The van der Waals surface area contributed by atoms with Crippen LogP contribution in [0.1, 0.15) is 31.1 Å². The molecule has 1 amide bonds. The Balaban J connectivity index is 3.35. The lowest BCUT2D eigenvalue weighted by Gasteiger charge is -2.24. The Bertz CT molecular complexity index is 606. The maximum absolute atomic E-state index is 12.0. The van der Waals surface area contributed by atoms with Crippen LogP contribution in [0.4, 0.5) is 16.2 Å². The predicted octanol–water partition coefficient (Wildman–Crippen LogP) is 2.79. The highest BCUT2D eigenvalue weighted by atomic mass is 16.6. The molecular formula is C14H18N2O6. The van der Waals surface area contributed by atoms with Crippen molar-refractivity contribution in [2.75, 3.05) is 19.1 Å². The zero-order chi connectivity index (χ0) is 17.1. The zero-order valence-electron chi connectivity index (χ0n) is 13.1. The Labute approximate surface area is 127 Å². The van der Waals surface area contributed by atoms with Gasteiger partial charge in [-0.15, -0.1) is 0 Å². The van der Waals surface area contributed by atoms with E-state index in [4.69, 9.17) is 9.47 Å². The fourth-order valence-corrected chi connectivity index (χ4v) is 1.69. The second-order valence-corrected chi connectivity index (χ2v) is 5.50. The summed E-state index contributed by atoms with van der Waals surface area (Å²) in [6.45, 7) is 5.04. The van der Waals surface area contributed by atoms with Crippen LogP contribution in [-0.4, -0.2) is 37.1 Å². The molecule has 1 rings (SSSR count). The molecule has 0 aromatic heterocycles. The molecule has 8 nitrogen and oxygen atoms in total. The van der Waals surface area contributed by atoms with Crippen LogP contribution in [0.15, 0.2) is 12.1 Å². The first-order chi connectivity index (χ1) is 10.1. The molecule has 0 atom stereocenters. The van der Waals surface area contributed by atoms with Crippen molar-refractivity contribution in [1.29, 1.82) is 0 Å². The van der Waals surface area contributed by atoms with E-state index < -0.39 is 16.6 Å². The van der Waals surface area contributed by atoms with Crippen molar-refractivity contribution in [2.45, 2.75) is 26.4 Å². The summed E-state index contributed by atoms with van der Waals surface area (Å²) in [6, 6.07) is 2.31. The summed E-state index contributed by atoms with van der Waals surface area (Å²) < 4.78 is 10.1. The van der Waals surface area contributed by atoms with E-state index in [2.05, 4.69) is 0 Å². The van der Waals surface area contributed by atoms with Gasteiger partial charge < -0.3 is 9.47 Å². The molecule has 0 aliphatic carbocycles. The number of hydrogen-bond donors (Lipinski definition) is 0. The molecule has 1 aromatic rings. The van der Waals surface area contributed by atoms with Crippen LogP contribution in [0, 0.1) is 10.1 Å². The highest BCUT2D eigenvalue weighted by Gasteiger charge is 2.27. The van der Waals surface area contributed by atoms with Gasteiger partial charge in [0.15, 0.2) is 6.29 Å². The van der Waals surface area contributed by atoms with Gasteiger partial charge in [-0.25, -0.2) is 4.79 Å². The number of benzene rings is 1. The van der Waals surface area contributed by atoms with Crippen LogP contribution in [0.25, 0.3) is 0 Å². The van der Waals surface area contributed by atoms with Crippen LogP contribution >= 0.6 is 0 Å². The minimum atomic E-state index is -0.766. The third kappa shape index (κ3) is 3.94. The number of aldehydes is 1. The lowest BCUT2D eigenvalue weighted by Crippen LogP contribution is -2.34. The molecule has 1 aromatic carbocycles. The Morgan fingerprint density at radius 3 is 2.36 bits per heavy atom. The summed E-state index contributed by atoms with van der Waals surface area (Å²) in [5.74, 6) is 0.0584. The molecule has 22 heavy (non-hydrogen) atoms. The fourth-order valence-electron chi connectivity index (χ4n) is 1.69. The molecule has 0 saturated carbocycles. The average molecular weight is 310 g/mol. The molecule has 0 saturated heterocycles. The summed E-state index contributed by atoms with van der Waals surface area (Å²) in [6.07, 6.45) is -0.271. The first-order valence-electron chi connectivity index (χ1n) is 6.39. The van der Waals surface area contributed by atoms with E-state index in [1.165, 1.54) is 20.2 Å². The van der Waals surface area contributed by atoms with Gasteiger partial charge in [-0.3, -0.25) is 19.8 Å². The molecule has 120 valence electrons. The molecule has 0 aliphatic heterocycles. The average Bonchev–Trinajstić information content (AvgIpc) is 2.42. The molecule has 0 N–H and O–H groups in total. The summed E-state index contributed by atoms with van der Waals surface area (Å²) in [5.41, 5.74) is -1.07. The van der Waals surface area contributed by atoms with E-state index in [0.29, 0.717) is 6.29 Å². The number of nitro benzene ring substituents is 1.